The van der Waals surface area contributed by atoms with Crippen LogP contribution < -0.4 is 10.8 Å². The van der Waals surface area contributed by atoms with Crippen molar-refractivity contribution in [1.82, 2.24) is 10.8 Å². The number of nitrogens with one attached hydrogen (secondary N) is 2. The van der Waals surface area contributed by atoms with Gasteiger partial charge in [-0.05, 0) is 12.3 Å². The summed E-state index contributed by atoms with van der Waals surface area (Å²) in [5.41, 5.74) is 1.39. The quantitative estimate of drug-likeness (QED) is 0.276. The Balaban J connectivity index is 4.43. The van der Waals surface area contributed by atoms with Crippen LogP contribution in [0, 0.1) is 11.8 Å². The normalized spacial score (nSPS) is 12.0. The van der Waals surface area contributed by atoms with Crippen molar-refractivity contribution < 1.29 is 24.7 Å². The summed E-state index contributed by atoms with van der Waals surface area (Å²) in [5.74, 6) is -3.75. The number of hydrogen-bond acceptors (Lipinski definition) is 4. The highest BCUT2D eigenvalue weighted by Gasteiger charge is 2.27. The second-order valence-corrected chi connectivity index (χ2v) is 3.77. The number of rotatable bonds is 6. The Bertz CT molecular complexity index is 277. The fourth-order valence-corrected chi connectivity index (χ4v) is 1.17. The van der Waals surface area contributed by atoms with Gasteiger partial charge >= 0.3 is 5.97 Å². The molecule has 7 nitrogen and oxygen atoms in total. The van der Waals surface area contributed by atoms with E-state index in [0.717, 1.165) is 0 Å². The fourth-order valence-electron chi connectivity index (χ4n) is 1.17. The standard InChI is InChI=1S/C9H16N2O5/c1-5(2)3-6(9(15)11-16)8(14)10-4-7(12)13/h5-6,16H,3-4H2,1-2H3,(H,10,14)(H,11,15)(H,12,13). The third kappa shape index (κ3) is 5.30. The van der Waals surface area contributed by atoms with Crippen molar-refractivity contribution in [3.63, 3.8) is 0 Å². The van der Waals surface area contributed by atoms with E-state index in [1.54, 1.807) is 0 Å². The van der Waals surface area contributed by atoms with Gasteiger partial charge in [0.05, 0.1) is 0 Å². The molecule has 7 heteroatoms. The maximum absolute atomic E-state index is 11.4. The van der Waals surface area contributed by atoms with E-state index in [1.807, 2.05) is 13.8 Å². The van der Waals surface area contributed by atoms with Crippen molar-refractivity contribution in [1.29, 1.82) is 0 Å². The average Bonchev–Trinajstić information content (AvgIpc) is 2.21. The average molecular weight is 232 g/mol. The SMILES string of the molecule is CC(C)CC(C(=O)NO)C(=O)NCC(=O)O. The number of carbonyl (C=O) groups excluding carboxylic acids is 2. The summed E-state index contributed by atoms with van der Waals surface area (Å²) in [7, 11) is 0. The minimum Gasteiger partial charge on any atom is -0.480 e. The molecule has 0 aromatic carbocycles. The maximum Gasteiger partial charge on any atom is 0.322 e. The molecule has 0 radical (unpaired) electrons. The molecule has 1 unspecified atom stereocenters. The van der Waals surface area contributed by atoms with E-state index in [-0.39, 0.29) is 12.3 Å². The molecule has 92 valence electrons. The van der Waals surface area contributed by atoms with E-state index in [4.69, 9.17) is 10.3 Å². The Labute approximate surface area is 92.8 Å². The summed E-state index contributed by atoms with van der Waals surface area (Å²) in [6, 6.07) is 0. The molecule has 0 aliphatic rings. The molecule has 0 saturated heterocycles. The number of carbonyl (C=O) groups is 3. The zero-order valence-corrected chi connectivity index (χ0v) is 9.19. The van der Waals surface area contributed by atoms with Crippen LogP contribution in [0.15, 0.2) is 0 Å². The summed E-state index contributed by atoms with van der Waals surface area (Å²) in [6.07, 6.45) is 0.234. The van der Waals surface area contributed by atoms with Gasteiger partial charge in [0.2, 0.25) is 5.91 Å². The van der Waals surface area contributed by atoms with E-state index in [2.05, 4.69) is 5.32 Å². The van der Waals surface area contributed by atoms with Crippen LogP contribution >= 0.6 is 0 Å². The molecule has 0 saturated carbocycles. The summed E-state index contributed by atoms with van der Waals surface area (Å²) in [6.45, 7) is 3.07. The van der Waals surface area contributed by atoms with Gasteiger partial charge in [-0.25, -0.2) is 5.48 Å². The molecule has 2 amide bonds. The molecular weight excluding hydrogens is 216 g/mol. The van der Waals surface area contributed by atoms with Crippen LogP contribution in [-0.2, 0) is 14.4 Å². The molecule has 0 fully saturated rings. The zero-order valence-electron chi connectivity index (χ0n) is 9.19. The first-order valence-corrected chi connectivity index (χ1v) is 4.82. The van der Waals surface area contributed by atoms with Crippen molar-refractivity contribution in [2.75, 3.05) is 6.54 Å². The lowest BCUT2D eigenvalue weighted by Crippen LogP contribution is -2.42. The highest BCUT2D eigenvalue weighted by atomic mass is 16.5. The monoisotopic (exact) mass is 232 g/mol. The van der Waals surface area contributed by atoms with Crippen LogP contribution in [0.3, 0.4) is 0 Å². The number of amides is 2. The van der Waals surface area contributed by atoms with Crippen molar-refractivity contribution in [3.05, 3.63) is 0 Å². The Kier molecular flexibility index (Phi) is 6.09. The summed E-state index contributed by atoms with van der Waals surface area (Å²) >= 11 is 0. The first-order chi connectivity index (χ1) is 7.38. The third-order valence-corrected chi connectivity index (χ3v) is 1.86. The molecule has 0 spiro atoms. The van der Waals surface area contributed by atoms with Crippen LogP contribution in [0.5, 0.6) is 0 Å². The van der Waals surface area contributed by atoms with Crippen molar-refractivity contribution in [3.8, 4) is 0 Å². The number of carboxylic acids is 1. The maximum atomic E-state index is 11.4. The molecular formula is C9H16N2O5. The van der Waals surface area contributed by atoms with Gasteiger partial charge in [0.25, 0.3) is 5.91 Å². The molecule has 0 aliphatic heterocycles. The van der Waals surface area contributed by atoms with Gasteiger partial charge in [0, 0.05) is 0 Å². The fraction of sp³-hybridized carbons (Fsp3) is 0.667. The first kappa shape index (κ1) is 14.4. The molecule has 0 bridgehead atoms. The summed E-state index contributed by atoms with van der Waals surface area (Å²) in [4.78, 5) is 32.8. The summed E-state index contributed by atoms with van der Waals surface area (Å²) < 4.78 is 0. The van der Waals surface area contributed by atoms with Crippen LogP contribution in [0.2, 0.25) is 0 Å². The molecule has 16 heavy (non-hydrogen) atoms. The van der Waals surface area contributed by atoms with E-state index in [1.165, 1.54) is 5.48 Å². The van der Waals surface area contributed by atoms with E-state index in [9.17, 15) is 14.4 Å². The highest BCUT2D eigenvalue weighted by molar-refractivity contribution is 6.00. The molecule has 0 aromatic rings. The smallest absolute Gasteiger partial charge is 0.322 e. The van der Waals surface area contributed by atoms with E-state index in [0.29, 0.717) is 0 Å². The van der Waals surface area contributed by atoms with Crippen LogP contribution in [0.25, 0.3) is 0 Å². The lowest BCUT2D eigenvalue weighted by molar-refractivity contribution is -0.144. The predicted octanol–water partition coefficient (Wildman–Crippen LogP) is -0.645. The highest BCUT2D eigenvalue weighted by Crippen LogP contribution is 2.11. The van der Waals surface area contributed by atoms with Crippen molar-refractivity contribution in [2.24, 2.45) is 11.8 Å². The van der Waals surface area contributed by atoms with Crippen LogP contribution in [0.1, 0.15) is 20.3 Å². The molecule has 4 N–H and O–H groups in total. The van der Waals surface area contributed by atoms with Gasteiger partial charge in [0.15, 0.2) is 0 Å². The number of carboxylic acid groups (broad SMARTS) is 1. The number of hydrogen-bond donors (Lipinski definition) is 4. The first-order valence-electron chi connectivity index (χ1n) is 4.82. The van der Waals surface area contributed by atoms with Gasteiger partial charge < -0.3 is 10.4 Å². The largest absolute Gasteiger partial charge is 0.480 e. The lowest BCUT2D eigenvalue weighted by atomic mass is 9.95. The van der Waals surface area contributed by atoms with Gasteiger partial charge in [-0.15, -0.1) is 0 Å². The minimum absolute atomic E-state index is 0.0675. The number of aliphatic carboxylic acids is 1. The number of hydroxylamine groups is 1. The van der Waals surface area contributed by atoms with Gasteiger partial charge in [-0.3, -0.25) is 19.6 Å². The van der Waals surface area contributed by atoms with Crippen LogP contribution in [0.4, 0.5) is 0 Å². The van der Waals surface area contributed by atoms with E-state index < -0.39 is 30.2 Å². The molecule has 0 rings (SSSR count). The van der Waals surface area contributed by atoms with Crippen molar-refractivity contribution in [2.45, 2.75) is 20.3 Å². The van der Waals surface area contributed by atoms with Gasteiger partial charge in [0.1, 0.15) is 12.5 Å². The zero-order chi connectivity index (χ0) is 12.7. The van der Waals surface area contributed by atoms with E-state index >= 15 is 0 Å². The molecule has 1 atom stereocenters. The van der Waals surface area contributed by atoms with Gasteiger partial charge in [-0.1, -0.05) is 13.8 Å². The topological polar surface area (TPSA) is 116 Å². The van der Waals surface area contributed by atoms with Crippen LogP contribution in [-0.4, -0.2) is 34.6 Å². The third-order valence-electron chi connectivity index (χ3n) is 1.86. The molecule has 0 aliphatic carbocycles. The Morgan fingerprint density at radius 3 is 2.12 bits per heavy atom. The molecule has 0 heterocycles. The minimum atomic E-state index is -1.19. The molecule has 0 aromatic heterocycles. The predicted molar refractivity (Wildman–Crippen MR) is 53.5 cm³/mol. The Morgan fingerprint density at radius 2 is 1.75 bits per heavy atom. The van der Waals surface area contributed by atoms with Crippen molar-refractivity contribution >= 4 is 17.8 Å². The Morgan fingerprint density at radius 1 is 1.19 bits per heavy atom. The van der Waals surface area contributed by atoms with Gasteiger partial charge in [-0.2, -0.15) is 0 Å². The second-order valence-electron chi connectivity index (χ2n) is 3.77. The Hall–Kier alpha value is -1.63. The second kappa shape index (κ2) is 6.78. The summed E-state index contributed by atoms with van der Waals surface area (Å²) in [5, 5.41) is 18.9. The lowest BCUT2D eigenvalue weighted by Gasteiger charge is -2.15.